The Hall–Kier alpha value is -1.55. The summed E-state index contributed by atoms with van der Waals surface area (Å²) in [6.45, 7) is 0.714. The van der Waals surface area contributed by atoms with Gasteiger partial charge in [-0.25, -0.2) is 4.39 Å². The molecule has 0 bridgehead atoms. The van der Waals surface area contributed by atoms with Gasteiger partial charge in [0.25, 0.3) is 0 Å². The maximum absolute atomic E-state index is 13.0. The third-order valence-electron chi connectivity index (χ3n) is 2.36. The zero-order chi connectivity index (χ0) is 12.3. The van der Waals surface area contributed by atoms with Crippen molar-refractivity contribution in [2.75, 3.05) is 11.9 Å². The molecule has 0 saturated heterocycles. The minimum atomic E-state index is -0.332. The van der Waals surface area contributed by atoms with Crippen LogP contribution in [0.25, 0.3) is 0 Å². The van der Waals surface area contributed by atoms with Gasteiger partial charge in [-0.05, 0) is 30.2 Å². The number of anilines is 1. The smallest absolute Gasteiger partial charge is 0.126 e. The van der Waals surface area contributed by atoms with E-state index in [1.807, 2.05) is 19.4 Å². The van der Waals surface area contributed by atoms with Crippen molar-refractivity contribution >= 4 is 17.3 Å². The molecule has 1 N–H and O–H groups in total. The molecule has 0 aliphatic carbocycles. The molecule has 17 heavy (non-hydrogen) atoms. The Morgan fingerprint density at radius 1 is 1.41 bits per heavy atom. The van der Waals surface area contributed by atoms with Crippen molar-refractivity contribution in [3.05, 3.63) is 47.0 Å². The van der Waals surface area contributed by atoms with Crippen molar-refractivity contribution in [2.45, 2.75) is 6.42 Å². The number of aromatic nitrogens is 2. The summed E-state index contributed by atoms with van der Waals surface area (Å²) in [6.07, 6.45) is 4.61. The van der Waals surface area contributed by atoms with Crippen molar-refractivity contribution in [3.63, 3.8) is 0 Å². The van der Waals surface area contributed by atoms with Gasteiger partial charge in [-0.2, -0.15) is 5.10 Å². The second-order valence-corrected chi connectivity index (χ2v) is 4.29. The van der Waals surface area contributed by atoms with Crippen LogP contribution in [0.1, 0.15) is 5.56 Å². The number of rotatable bonds is 4. The maximum Gasteiger partial charge on any atom is 0.126 e. The van der Waals surface area contributed by atoms with Crippen LogP contribution >= 0.6 is 11.6 Å². The minimum Gasteiger partial charge on any atom is -0.385 e. The molecule has 0 radical (unpaired) electrons. The van der Waals surface area contributed by atoms with Gasteiger partial charge in [0.15, 0.2) is 0 Å². The molecule has 3 nitrogen and oxygen atoms in total. The first-order valence-electron chi connectivity index (χ1n) is 5.31. The van der Waals surface area contributed by atoms with Gasteiger partial charge in [-0.3, -0.25) is 4.68 Å². The predicted octanol–water partition coefficient (Wildman–Crippen LogP) is 2.87. The molecule has 2 aromatic rings. The largest absolute Gasteiger partial charge is 0.385 e. The van der Waals surface area contributed by atoms with E-state index in [-0.39, 0.29) is 5.82 Å². The van der Waals surface area contributed by atoms with Gasteiger partial charge < -0.3 is 5.32 Å². The van der Waals surface area contributed by atoms with E-state index in [9.17, 15) is 4.39 Å². The normalized spacial score (nSPS) is 10.5. The molecule has 1 aromatic carbocycles. The van der Waals surface area contributed by atoms with Crippen LogP contribution in [0.15, 0.2) is 30.6 Å². The average molecular weight is 254 g/mol. The van der Waals surface area contributed by atoms with Gasteiger partial charge >= 0.3 is 0 Å². The molecule has 0 aliphatic rings. The van der Waals surface area contributed by atoms with Crippen LogP contribution in [0.2, 0.25) is 5.02 Å². The van der Waals surface area contributed by atoms with E-state index >= 15 is 0 Å². The molecule has 0 saturated carbocycles. The van der Waals surface area contributed by atoms with E-state index in [2.05, 4.69) is 10.4 Å². The van der Waals surface area contributed by atoms with Crippen LogP contribution < -0.4 is 5.32 Å². The molecule has 0 unspecified atom stereocenters. The molecule has 0 spiro atoms. The van der Waals surface area contributed by atoms with Crippen molar-refractivity contribution in [3.8, 4) is 0 Å². The van der Waals surface area contributed by atoms with E-state index in [1.165, 1.54) is 12.1 Å². The molecule has 1 aromatic heterocycles. The predicted molar refractivity (Wildman–Crippen MR) is 66.8 cm³/mol. The molecule has 90 valence electrons. The van der Waals surface area contributed by atoms with E-state index < -0.39 is 0 Å². The Labute approximate surface area is 104 Å². The topological polar surface area (TPSA) is 29.9 Å². The summed E-state index contributed by atoms with van der Waals surface area (Å²) >= 11 is 5.76. The van der Waals surface area contributed by atoms with Crippen LogP contribution in [0.4, 0.5) is 10.1 Å². The highest BCUT2D eigenvalue weighted by Gasteiger charge is 2.00. The molecule has 2 rings (SSSR count). The van der Waals surface area contributed by atoms with Crippen LogP contribution in [-0.2, 0) is 13.5 Å². The Bertz CT molecular complexity index is 490. The van der Waals surface area contributed by atoms with Gasteiger partial charge in [0, 0.05) is 30.5 Å². The van der Waals surface area contributed by atoms with Crippen molar-refractivity contribution in [1.29, 1.82) is 0 Å². The average Bonchev–Trinajstić information content (AvgIpc) is 2.63. The standard InChI is InChI=1S/C12H13ClFN3/c1-17-8-9(7-16-17)2-3-15-12-5-10(13)4-11(14)6-12/h4-8,15H,2-3H2,1H3. The quantitative estimate of drug-likeness (QED) is 0.908. The molecular formula is C12H13ClFN3. The molecule has 0 aliphatic heterocycles. The molecule has 0 amide bonds. The first-order chi connectivity index (χ1) is 8.13. The number of nitrogens with zero attached hydrogens (tertiary/aromatic N) is 2. The lowest BCUT2D eigenvalue weighted by Crippen LogP contribution is -2.04. The van der Waals surface area contributed by atoms with E-state index in [1.54, 1.807) is 10.7 Å². The SMILES string of the molecule is Cn1cc(CCNc2cc(F)cc(Cl)c2)cn1. The molecule has 1 heterocycles. The second-order valence-electron chi connectivity index (χ2n) is 3.86. The molecule has 5 heteroatoms. The second kappa shape index (κ2) is 5.19. The Balaban J connectivity index is 1.89. The molecule has 0 fully saturated rings. The fourth-order valence-electron chi connectivity index (χ4n) is 1.61. The summed E-state index contributed by atoms with van der Waals surface area (Å²) in [5.74, 6) is -0.332. The highest BCUT2D eigenvalue weighted by molar-refractivity contribution is 6.30. The van der Waals surface area contributed by atoms with Crippen LogP contribution in [0.3, 0.4) is 0 Å². The Morgan fingerprint density at radius 3 is 2.88 bits per heavy atom. The lowest BCUT2D eigenvalue weighted by atomic mass is 10.2. The number of nitrogens with one attached hydrogen (secondary N) is 1. The number of hydrogen-bond donors (Lipinski definition) is 1. The first kappa shape index (κ1) is 11.9. The Kier molecular flexibility index (Phi) is 3.64. The first-order valence-corrected chi connectivity index (χ1v) is 5.69. The van der Waals surface area contributed by atoms with Crippen molar-refractivity contribution in [2.24, 2.45) is 7.05 Å². The fraction of sp³-hybridized carbons (Fsp3) is 0.250. The number of aryl methyl sites for hydroxylation is 1. The highest BCUT2D eigenvalue weighted by atomic mass is 35.5. The summed E-state index contributed by atoms with van der Waals surface area (Å²) in [4.78, 5) is 0. The molecule has 0 atom stereocenters. The third kappa shape index (κ3) is 3.46. The number of benzene rings is 1. The summed E-state index contributed by atoms with van der Waals surface area (Å²) in [5, 5.41) is 7.60. The van der Waals surface area contributed by atoms with E-state index in [0.29, 0.717) is 17.3 Å². The monoisotopic (exact) mass is 253 g/mol. The lowest BCUT2D eigenvalue weighted by Gasteiger charge is -2.06. The van der Waals surface area contributed by atoms with Crippen LogP contribution in [0.5, 0.6) is 0 Å². The van der Waals surface area contributed by atoms with E-state index in [0.717, 1.165) is 12.0 Å². The van der Waals surface area contributed by atoms with Gasteiger partial charge in [0.2, 0.25) is 0 Å². The Morgan fingerprint density at radius 2 is 2.24 bits per heavy atom. The summed E-state index contributed by atoms with van der Waals surface area (Å²) in [6, 6.07) is 4.41. The van der Waals surface area contributed by atoms with Gasteiger partial charge in [-0.15, -0.1) is 0 Å². The lowest BCUT2D eigenvalue weighted by molar-refractivity contribution is 0.628. The van der Waals surface area contributed by atoms with Crippen LogP contribution in [0, 0.1) is 5.82 Å². The zero-order valence-electron chi connectivity index (χ0n) is 9.45. The summed E-state index contributed by atoms with van der Waals surface area (Å²) < 4.78 is 14.8. The molecular weight excluding hydrogens is 241 g/mol. The number of hydrogen-bond acceptors (Lipinski definition) is 2. The van der Waals surface area contributed by atoms with Gasteiger partial charge in [0.05, 0.1) is 6.20 Å². The van der Waals surface area contributed by atoms with Crippen molar-refractivity contribution in [1.82, 2.24) is 9.78 Å². The van der Waals surface area contributed by atoms with Gasteiger partial charge in [-0.1, -0.05) is 11.6 Å². The minimum absolute atomic E-state index is 0.332. The highest BCUT2D eigenvalue weighted by Crippen LogP contribution is 2.17. The number of halogens is 2. The maximum atomic E-state index is 13.0. The van der Waals surface area contributed by atoms with Crippen molar-refractivity contribution < 1.29 is 4.39 Å². The fourth-order valence-corrected chi connectivity index (χ4v) is 1.83. The van der Waals surface area contributed by atoms with Gasteiger partial charge in [0.1, 0.15) is 5.82 Å². The van der Waals surface area contributed by atoms with E-state index in [4.69, 9.17) is 11.6 Å². The summed E-state index contributed by atoms with van der Waals surface area (Å²) in [7, 11) is 1.88. The summed E-state index contributed by atoms with van der Waals surface area (Å²) in [5.41, 5.74) is 1.83. The zero-order valence-corrected chi connectivity index (χ0v) is 10.2. The van der Waals surface area contributed by atoms with Crippen LogP contribution in [-0.4, -0.2) is 16.3 Å². The third-order valence-corrected chi connectivity index (χ3v) is 2.58.